The SMILES string of the molecule is C=C(/C=C(\c1ccccc1N)C(F)(F)F)N1CC(c2nccnc2N2CCC(C#N)CC2)C1. The number of halogens is 3. The van der Waals surface area contributed by atoms with Gasteiger partial charge in [0.1, 0.15) is 0 Å². The lowest BCUT2D eigenvalue weighted by Gasteiger charge is -2.42. The smallest absolute Gasteiger partial charge is 0.398 e. The van der Waals surface area contributed by atoms with Gasteiger partial charge in [-0.05, 0) is 25.0 Å². The molecule has 0 spiro atoms. The van der Waals surface area contributed by atoms with Crippen molar-refractivity contribution in [3.8, 4) is 6.07 Å². The third kappa shape index (κ3) is 4.80. The van der Waals surface area contributed by atoms with Crippen molar-refractivity contribution in [2.45, 2.75) is 24.9 Å². The fraction of sp³-hybridized carbons (Fsp3) is 0.375. The monoisotopic (exact) mass is 454 g/mol. The lowest BCUT2D eigenvalue weighted by atomic mass is 9.93. The van der Waals surface area contributed by atoms with Crippen LogP contribution in [0.15, 0.2) is 55.0 Å². The summed E-state index contributed by atoms with van der Waals surface area (Å²) in [5.74, 6) is 0.911. The van der Waals surface area contributed by atoms with E-state index >= 15 is 0 Å². The summed E-state index contributed by atoms with van der Waals surface area (Å²) in [6.45, 7) is 6.36. The van der Waals surface area contributed by atoms with Crippen molar-refractivity contribution in [2.75, 3.05) is 36.8 Å². The number of allylic oxidation sites excluding steroid dienone is 2. The lowest BCUT2D eigenvalue weighted by molar-refractivity contribution is -0.0690. The van der Waals surface area contributed by atoms with Crippen molar-refractivity contribution in [1.82, 2.24) is 14.9 Å². The number of para-hydroxylation sites is 1. The number of hydrogen-bond acceptors (Lipinski definition) is 6. The Balaban J connectivity index is 1.48. The topological polar surface area (TPSA) is 82.1 Å². The minimum Gasteiger partial charge on any atom is -0.398 e. The molecule has 2 aliphatic rings. The molecule has 2 saturated heterocycles. The first kappa shape index (κ1) is 22.6. The minimum absolute atomic E-state index is 0.0451. The van der Waals surface area contributed by atoms with E-state index in [9.17, 15) is 13.2 Å². The predicted molar refractivity (Wildman–Crippen MR) is 121 cm³/mol. The molecule has 2 aromatic rings. The van der Waals surface area contributed by atoms with Gasteiger partial charge in [0.05, 0.1) is 17.3 Å². The van der Waals surface area contributed by atoms with Crippen LogP contribution in [-0.2, 0) is 0 Å². The maximum absolute atomic E-state index is 13.8. The molecule has 4 rings (SSSR count). The van der Waals surface area contributed by atoms with Crippen molar-refractivity contribution < 1.29 is 13.2 Å². The van der Waals surface area contributed by atoms with Gasteiger partial charge in [0, 0.05) is 67.4 Å². The van der Waals surface area contributed by atoms with E-state index in [1.807, 2.05) is 0 Å². The number of alkyl halides is 3. The van der Waals surface area contributed by atoms with Gasteiger partial charge >= 0.3 is 6.18 Å². The summed E-state index contributed by atoms with van der Waals surface area (Å²) in [5.41, 5.74) is 6.12. The van der Waals surface area contributed by atoms with Crippen LogP contribution in [-0.4, -0.2) is 47.2 Å². The quantitative estimate of drug-likeness (QED) is 0.534. The Morgan fingerprint density at radius 2 is 1.82 bits per heavy atom. The van der Waals surface area contributed by atoms with Gasteiger partial charge < -0.3 is 15.5 Å². The maximum atomic E-state index is 13.8. The van der Waals surface area contributed by atoms with E-state index in [2.05, 4.69) is 27.5 Å². The number of anilines is 2. The van der Waals surface area contributed by atoms with Crippen LogP contribution in [0.25, 0.3) is 5.57 Å². The molecule has 2 N–H and O–H groups in total. The number of aromatic nitrogens is 2. The number of nitriles is 1. The molecular weight excluding hydrogens is 429 g/mol. The van der Waals surface area contributed by atoms with E-state index in [-0.39, 0.29) is 28.8 Å². The number of nitrogens with two attached hydrogens (primary N) is 1. The van der Waals surface area contributed by atoms with Gasteiger partial charge in [-0.1, -0.05) is 24.8 Å². The predicted octanol–water partition coefficient (Wildman–Crippen LogP) is 4.36. The largest absolute Gasteiger partial charge is 0.417 e. The summed E-state index contributed by atoms with van der Waals surface area (Å²) in [4.78, 5) is 13.0. The van der Waals surface area contributed by atoms with Crippen LogP contribution in [0.4, 0.5) is 24.7 Å². The third-order valence-corrected chi connectivity index (χ3v) is 6.23. The highest BCUT2D eigenvalue weighted by Crippen LogP contribution is 2.39. The van der Waals surface area contributed by atoms with Gasteiger partial charge in [0.25, 0.3) is 0 Å². The molecule has 0 unspecified atom stereocenters. The number of likely N-dealkylation sites (tertiary alicyclic amines) is 1. The number of nitrogen functional groups attached to an aromatic ring is 1. The molecule has 0 saturated carbocycles. The average molecular weight is 455 g/mol. The van der Waals surface area contributed by atoms with Crippen molar-refractivity contribution in [3.63, 3.8) is 0 Å². The van der Waals surface area contributed by atoms with Gasteiger partial charge in [-0.2, -0.15) is 18.4 Å². The van der Waals surface area contributed by atoms with E-state index in [1.54, 1.807) is 23.4 Å². The molecule has 1 aromatic heterocycles. The van der Waals surface area contributed by atoms with Crippen molar-refractivity contribution in [1.29, 1.82) is 5.26 Å². The highest BCUT2D eigenvalue weighted by atomic mass is 19.4. The molecule has 0 radical (unpaired) electrons. The second kappa shape index (κ2) is 9.14. The lowest BCUT2D eigenvalue weighted by Crippen LogP contribution is -2.45. The molecule has 6 nitrogen and oxygen atoms in total. The Kier molecular flexibility index (Phi) is 6.27. The van der Waals surface area contributed by atoms with E-state index in [4.69, 9.17) is 11.0 Å². The molecule has 0 bridgehead atoms. The number of nitrogens with zero attached hydrogens (tertiary/aromatic N) is 5. The molecule has 9 heteroatoms. The summed E-state index contributed by atoms with van der Waals surface area (Å²) in [6.07, 6.45) is 1.36. The van der Waals surface area contributed by atoms with E-state index in [1.165, 1.54) is 18.2 Å². The van der Waals surface area contributed by atoms with Crippen LogP contribution in [0.1, 0.15) is 30.0 Å². The summed E-state index contributed by atoms with van der Waals surface area (Å²) in [7, 11) is 0. The third-order valence-electron chi connectivity index (χ3n) is 6.23. The zero-order valence-electron chi connectivity index (χ0n) is 18.1. The summed E-state index contributed by atoms with van der Waals surface area (Å²) in [5, 5.41) is 9.13. The van der Waals surface area contributed by atoms with Gasteiger partial charge in [-0.3, -0.25) is 4.98 Å². The van der Waals surface area contributed by atoms with Crippen LogP contribution >= 0.6 is 0 Å². The molecule has 2 fully saturated rings. The van der Waals surface area contributed by atoms with E-state index in [0.29, 0.717) is 13.1 Å². The fourth-order valence-electron chi connectivity index (χ4n) is 4.29. The van der Waals surface area contributed by atoms with Crippen LogP contribution < -0.4 is 10.6 Å². The van der Waals surface area contributed by atoms with Crippen molar-refractivity contribution in [3.05, 3.63) is 66.3 Å². The first-order valence-electron chi connectivity index (χ1n) is 10.8. The Bertz CT molecular complexity index is 1090. The zero-order chi connectivity index (χ0) is 23.6. The zero-order valence-corrected chi connectivity index (χ0v) is 18.1. The molecule has 0 aliphatic carbocycles. The first-order chi connectivity index (χ1) is 15.8. The summed E-state index contributed by atoms with van der Waals surface area (Å²) in [6, 6.07) is 8.27. The Labute approximate surface area is 190 Å². The van der Waals surface area contributed by atoms with Gasteiger partial charge in [-0.15, -0.1) is 0 Å². The van der Waals surface area contributed by atoms with Crippen molar-refractivity contribution in [2.24, 2.45) is 5.92 Å². The molecule has 0 amide bonds. The van der Waals surface area contributed by atoms with Gasteiger partial charge in [0.15, 0.2) is 5.82 Å². The highest BCUT2D eigenvalue weighted by molar-refractivity contribution is 5.79. The minimum atomic E-state index is -4.56. The van der Waals surface area contributed by atoms with Crippen LogP contribution in [0.2, 0.25) is 0 Å². The molecule has 3 heterocycles. The molecule has 0 atom stereocenters. The normalized spacial score (nSPS) is 18.1. The average Bonchev–Trinajstić information content (AvgIpc) is 2.77. The molecule has 33 heavy (non-hydrogen) atoms. The van der Waals surface area contributed by atoms with E-state index in [0.717, 1.165) is 43.5 Å². The summed E-state index contributed by atoms with van der Waals surface area (Å²) < 4.78 is 41.3. The number of benzene rings is 1. The Hall–Kier alpha value is -3.54. The highest BCUT2D eigenvalue weighted by Gasteiger charge is 2.38. The fourth-order valence-corrected chi connectivity index (χ4v) is 4.29. The van der Waals surface area contributed by atoms with Crippen LogP contribution in [0.3, 0.4) is 0 Å². The molecular formula is C24H25F3N6. The molecule has 1 aromatic carbocycles. The van der Waals surface area contributed by atoms with Crippen LogP contribution in [0.5, 0.6) is 0 Å². The number of hydrogen-bond donors (Lipinski definition) is 1. The molecule has 2 aliphatic heterocycles. The number of rotatable bonds is 5. The standard InChI is InChI=1S/C24H25F3N6/c1-16(12-20(24(25,26)27)19-4-2-3-5-21(19)29)33-14-18(15-33)22-23(31-9-8-30-22)32-10-6-17(13-28)7-11-32/h2-5,8-9,12,17-18H,1,6-7,10-11,14-15,29H2/b20-12+. The van der Waals surface area contributed by atoms with E-state index < -0.39 is 11.7 Å². The second-order valence-corrected chi connectivity index (χ2v) is 8.39. The summed E-state index contributed by atoms with van der Waals surface area (Å²) >= 11 is 0. The maximum Gasteiger partial charge on any atom is 0.417 e. The van der Waals surface area contributed by atoms with Crippen LogP contribution in [0, 0.1) is 17.2 Å². The van der Waals surface area contributed by atoms with Gasteiger partial charge in [-0.25, -0.2) is 4.98 Å². The first-order valence-corrected chi connectivity index (χ1v) is 10.8. The molecule has 172 valence electrons. The Morgan fingerprint density at radius 1 is 1.15 bits per heavy atom. The second-order valence-electron chi connectivity index (χ2n) is 8.39. The van der Waals surface area contributed by atoms with Gasteiger partial charge in [0.2, 0.25) is 0 Å². The Morgan fingerprint density at radius 3 is 2.45 bits per heavy atom. The number of piperidine rings is 1. The van der Waals surface area contributed by atoms with Crippen molar-refractivity contribution >= 4 is 17.1 Å².